The van der Waals surface area contributed by atoms with Crippen LogP contribution in [0.25, 0.3) is 0 Å². The van der Waals surface area contributed by atoms with Crippen LogP contribution in [0.2, 0.25) is 0 Å². The van der Waals surface area contributed by atoms with Crippen molar-refractivity contribution in [1.29, 1.82) is 0 Å². The molecule has 0 aliphatic rings. The van der Waals surface area contributed by atoms with Crippen molar-refractivity contribution >= 4 is 0 Å². The van der Waals surface area contributed by atoms with Crippen molar-refractivity contribution in [3.05, 3.63) is 0 Å². The van der Waals surface area contributed by atoms with Gasteiger partial charge in [-0.3, -0.25) is 0 Å². The van der Waals surface area contributed by atoms with E-state index in [9.17, 15) is 0 Å². The minimum Gasteiger partial charge on any atom is 2.00 e. The topological polar surface area (TPSA) is 429 Å². The Bertz CT molecular complexity index is 315. The van der Waals surface area contributed by atoms with Gasteiger partial charge >= 0.3 is 79.5 Å². The van der Waals surface area contributed by atoms with E-state index < -0.39 is 31.6 Å². The third-order valence-corrected chi connectivity index (χ3v) is 0. The molecule has 0 saturated carbocycles. The first-order valence-corrected chi connectivity index (χ1v) is 10.1. The number of hydrogen-bond acceptors (Lipinski definition) is 16. The maximum absolute atomic E-state index is 8.64. The van der Waals surface area contributed by atoms with E-state index in [1.807, 2.05) is 0 Å². The molecular weight excluding hydrogens is 678 g/mol. The molecule has 19 heteroatoms. The van der Waals surface area contributed by atoms with Crippen LogP contribution in [0.4, 0.5) is 0 Å². The zero-order valence-electron chi connectivity index (χ0n) is 10.4. The minimum absolute atomic E-state index is 0. The monoisotopic (exact) mass is 702 g/mol. The molecule has 0 aromatic rings. The van der Waals surface area contributed by atoms with Gasteiger partial charge in [0, 0.05) is 0 Å². The van der Waals surface area contributed by atoms with E-state index in [-0.39, 0.29) is 68.7 Å². The quantitative estimate of drug-likeness (QED) is 0.129. The predicted molar refractivity (Wildman–Crippen MR) is 44.3 cm³/mol. The average molecular weight is 702 g/mol. The van der Waals surface area contributed by atoms with Crippen LogP contribution in [0.3, 0.4) is 0 Å². The molecule has 0 aliphatic heterocycles. The Labute approximate surface area is 128 Å². The van der Waals surface area contributed by atoms with Crippen molar-refractivity contribution in [3.63, 3.8) is 0 Å². The maximum atomic E-state index is 8.64. The second kappa shape index (κ2) is 36.2. The largest absolute Gasteiger partial charge is 2.00 e. The number of hydrogen-bond donors (Lipinski definition) is 8. The van der Waals surface area contributed by atoms with Crippen molar-refractivity contribution in [3.8, 4) is 0 Å². The fourth-order valence-corrected chi connectivity index (χ4v) is 0. The SMILES string of the molecule is N.N.N.N.N.N.N.N.[O]=[Re](=[O])(=[O])[O-].[O]=[Re](=[O])(=[O])[O-].[Zn+2]. The van der Waals surface area contributed by atoms with E-state index >= 15 is 0 Å². The van der Waals surface area contributed by atoms with Crippen LogP contribution in [0.1, 0.15) is 0 Å². The third kappa shape index (κ3) is 40500. The Morgan fingerprint density at radius 3 is 0.421 bits per heavy atom. The molecule has 0 spiro atoms. The molecule has 0 rings (SSSR count). The molecule has 0 atom stereocenters. The summed E-state index contributed by atoms with van der Waals surface area (Å²) >= 11 is -12.2. The molecule has 0 aliphatic carbocycles. The summed E-state index contributed by atoms with van der Waals surface area (Å²) in [4.78, 5) is 0. The molecule has 24 N–H and O–H groups in total. The Hall–Kier alpha value is 0.348. The van der Waals surface area contributed by atoms with Gasteiger partial charge in [-0.15, -0.1) is 0 Å². The Morgan fingerprint density at radius 1 is 0.421 bits per heavy atom. The molecule has 0 aromatic heterocycles. The standard InChI is InChI=1S/8H3N.8O.2Re.Zn/h8*1H3;;;;;;;;;;;/q;;;;;;;;;;;;;;2*-1;;;+2. The van der Waals surface area contributed by atoms with Gasteiger partial charge < -0.3 is 49.2 Å². The molecule has 0 heterocycles. The van der Waals surface area contributed by atoms with Crippen LogP contribution >= 0.6 is 0 Å². The molecule has 128 valence electrons. The fourth-order valence-electron chi connectivity index (χ4n) is 0. The summed E-state index contributed by atoms with van der Waals surface area (Å²) in [5.74, 6) is 0. The van der Waals surface area contributed by atoms with Crippen LogP contribution in [-0.2, 0) is 71.9 Å². The molecule has 0 aromatic carbocycles. The summed E-state index contributed by atoms with van der Waals surface area (Å²) in [6.45, 7) is 0. The molecule has 0 amide bonds. The Balaban J connectivity index is -0.00000000508. The van der Waals surface area contributed by atoms with Crippen LogP contribution in [-0.4, -0.2) is 0 Å². The zero-order valence-corrected chi connectivity index (χ0v) is 18.8. The van der Waals surface area contributed by atoms with Gasteiger partial charge in [0.1, 0.15) is 0 Å². The van der Waals surface area contributed by atoms with Gasteiger partial charge in [-0.25, -0.2) is 0 Å². The van der Waals surface area contributed by atoms with E-state index in [4.69, 9.17) is 28.5 Å². The first-order valence-electron chi connectivity index (χ1n) is 1.23. The molecular formula is H24N8O8Re2Zn. The minimum atomic E-state index is -6.11. The van der Waals surface area contributed by atoms with Crippen LogP contribution in [0.15, 0.2) is 0 Å². The first kappa shape index (κ1) is 93.5. The van der Waals surface area contributed by atoms with Crippen molar-refractivity contribution in [2.75, 3.05) is 0 Å². The van der Waals surface area contributed by atoms with Crippen molar-refractivity contribution in [2.24, 2.45) is 0 Å². The average Bonchev–Trinajstić information content (AvgIpc) is 1.12. The molecule has 0 bridgehead atoms. The fraction of sp³-hybridized carbons (Fsp3) is 0. The predicted octanol–water partition coefficient (Wildman–Crippen LogP) is -1.80. The molecule has 0 saturated heterocycles. The van der Waals surface area contributed by atoms with Gasteiger partial charge in [-0.1, -0.05) is 0 Å². The summed E-state index contributed by atoms with van der Waals surface area (Å²) in [6, 6.07) is 0. The van der Waals surface area contributed by atoms with Gasteiger partial charge in [-0.2, -0.15) is 0 Å². The Kier molecular flexibility index (Phi) is 178. The van der Waals surface area contributed by atoms with Gasteiger partial charge in [-0.05, 0) is 0 Å². The van der Waals surface area contributed by atoms with Crippen LogP contribution in [0, 0.1) is 0 Å². The summed E-state index contributed by atoms with van der Waals surface area (Å²) in [6.07, 6.45) is 0. The molecule has 0 radical (unpaired) electrons. The molecule has 16 nitrogen and oxygen atoms in total. The third-order valence-electron chi connectivity index (χ3n) is 0. The van der Waals surface area contributed by atoms with Gasteiger partial charge in [0.05, 0.1) is 0 Å². The summed E-state index contributed by atoms with van der Waals surface area (Å²) in [5.41, 5.74) is 0. The summed E-state index contributed by atoms with van der Waals surface area (Å²) < 4.78 is 69.1. The maximum Gasteiger partial charge on any atom is 2.00 e. The zero-order chi connectivity index (χ0) is 9.00. The van der Waals surface area contributed by atoms with Crippen molar-refractivity contribution in [1.82, 2.24) is 49.2 Å². The van der Waals surface area contributed by atoms with Gasteiger partial charge in [0.25, 0.3) is 0 Å². The van der Waals surface area contributed by atoms with Gasteiger partial charge in [0.15, 0.2) is 0 Å². The van der Waals surface area contributed by atoms with Crippen molar-refractivity contribution in [2.45, 2.75) is 0 Å². The van der Waals surface area contributed by atoms with E-state index in [2.05, 4.69) is 0 Å². The Morgan fingerprint density at radius 2 is 0.421 bits per heavy atom. The van der Waals surface area contributed by atoms with Crippen molar-refractivity contribution < 1.29 is 79.5 Å². The number of rotatable bonds is 0. The van der Waals surface area contributed by atoms with Gasteiger partial charge in [0.2, 0.25) is 0 Å². The molecule has 19 heavy (non-hydrogen) atoms. The molecule has 0 unspecified atom stereocenters. The van der Waals surface area contributed by atoms with Crippen LogP contribution in [0.5, 0.6) is 0 Å². The second-order valence-corrected chi connectivity index (χ2v) is 6.19. The second-order valence-electron chi connectivity index (χ2n) is 0.756. The first-order chi connectivity index (χ1) is 4.00. The van der Waals surface area contributed by atoms with E-state index in [1.165, 1.54) is 0 Å². The smallest absolute Gasteiger partial charge is 2.00 e. The van der Waals surface area contributed by atoms with Crippen LogP contribution < -0.4 is 56.9 Å². The van der Waals surface area contributed by atoms with E-state index in [0.29, 0.717) is 0 Å². The summed E-state index contributed by atoms with van der Waals surface area (Å²) in [7, 11) is 0. The normalized spacial score (nSPS) is 6.00. The summed E-state index contributed by atoms with van der Waals surface area (Å²) in [5, 5.41) is 0. The van der Waals surface area contributed by atoms with E-state index in [1.54, 1.807) is 0 Å². The molecule has 0 fully saturated rings. The van der Waals surface area contributed by atoms with E-state index in [0.717, 1.165) is 0 Å².